The summed E-state index contributed by atoms with van der Waals surface area (Å²) in [6.45, 7) is 3.63. The van der Waals surface area contributed by atoms with Gasteiger partial charge in [-0.2, -0.15) is 0 Å². The summed E-state index contributed by atoms with van der Waals surface area (Å²) in [5.74, 6) is 0.718. The van der Waals surface area contributed by atoms with Gasteiger partial charge in [-0.3, -0.25) is 0 Å². The minimum Gasteiger partial charge on any atom is -0.457 e. The van der Waals surface area contributed by atoms with Crippen LogP contribution in [0.4, 0.5) is 0 Å². The van der Waals surface area contributed by atoms with Crippen molar-refractivity contribution in [1.82, 2.24) is 10.3 Å². The third-order valence-corrected chi connectivity index (χ3v) is 3.20. The summed E-state index contributed by atoms with van der Waals surface area (Å²) < 4.78 is 15.6. The zero-order valence-electron chi connectivity index (χ0n) is 12.2. The molecule has 22 heavy (non-hydrogen) atoms. The molecule has 2 heterocycles. The molecule has 6 nitrogen and oxygen atoms in total. The van der Waals surface area contributed by atoms with Crippen LogP contribution in [0.1, 0.15) is 27.4 Å². The van der Waals surface area contributed by atoms with Crippen molar-refractivity contribution in [2.24, 2.45) is 0 Å². The minimum atomic E-state index is -0.400. The van der Waals surface area contributed by atoms with E-state index in [2.05, 4.69) is 10.3 Å². The highest BCUT2D eigenvalue weighted by Gasteiger charge is 2.20. The first-order valence-electron chi connectivity index (χ1n) is 6.76. The number of ether oxygens (including phenoxy) is 1. The van der Waals surface area contributed by atoms with E-state index >= 15 is 0 Å². The van der Waals surface area contributed by atoms with Gasteiger partial charge in [-0.15, -0.1) is 0 Å². The van der Waals surface area contributed by atoms with Gasteiger partial charge in [0.25, 0.3) is 0 Å². The average molecular weight is 298 g/mol. The van der Waals surface area contributed by atoms with Crippen LogP contribution in [0.5, 0.6) is 0 Å². The van der Waals surface area contributed by atoms with Gasteiger partial charge in [0.15, 0.2) is 11.5 Å². The number of hydrogen-bond donors (Lipinski definition) is 0. The number of hydrogen-bond acceptors (Lipinski definition) is 6. The molecular weight excluding hydrogens is 284 g/mol. The summed E-state index contributed by atoms with van der Waals surface area (Å²) in [4.78, 5) is 12.0. The van der Waals surface area contributed by atoms with Crippen molar-refractivity contribution in [3.8, 4) is 11.5 Å². The molecule has 3 aromatic rings. The molecule has 0 aliphatic carbocycles. The Balaban J connectivity index is 1.78. The van der Waals surface area contributed by atoms with Crippen molar-refractivity contribution < 1.29 is 18.6 Å². The molecule has 6 heteroatoms. The zero-order chi connectivity index (χ0) is 15.5. The summed E-state index contributed by atoms with van der Waals surface area (Å²) >= 11 is 0. The molecule has 1 aromatic carbocycles. The molecule has 0 amide bonds. The third-order valence-electron chi connectivity index (χ3n) is 3.20. The minimum absolute atomic E-state index is 0.0598. The normalized spacial score (nSPS) is 10.6. The van der Waals surface area contributed by atoms with Crippen molar-refractivity contribution in [3.63, 3.8) is 0 Å². The van der Waals surface area contributed by atoms with Crippen LogP contribution in [-0.2, 0) is 11.3 Å². The van der Waals surface area contributed by atoms with Crippen LogP contribution in [0, 0.1) is 13.8 Å². The zero-order valence-corrected chi connectivity index (χ0v) is 12.2. The van der Waals surface area contributed by atoms with Gasteiger partial charge >= 0.3 is 5.97 Å². The molecule has 0 N–H and O–H groups in total. The third kappa shape index (κ3) is 2.76. The van der Waals surface area contributed by atoms with Crippen LogP contribution < -0.4 is 0 Å². The molecule has 0 bridgehead atoms. The molecule has 2 aromatic heterocycles. The lowest BCUT2D eigenvalue weighted by Gasteiger charge is -2.04. The molecule has 0 fully saturated rings. The molecular formula is C16H14N2O4. The van der Waals surface area contributed by atoms with E-state index in [0.29, 0.717) is 34.0 Å². The molecule has 0 saturated carbocycles. The lowest BCUT2D eigenvalue weighted by atomic mass is 10.1. The molecule has 0 aliphatic heterocycles. The molecule has 3 rings (SSSR count). The second-order valence-corrected chi connectivity index (χ2v) is 4.84. The van der Waals surface area contributed by atoms with E-state index in [9.17, 15) is 4.79 Å². The second kappa shape index (κ2) is 5.85. The largest absolute Gasteiger partial charge is 0.457 e. The van der Waals surface area contributed by atoms with E-state index in [-0.39, 0.29) is 6.61 Å². The van der Waals surface area contributed by atoms with Gasteiger partial charge in [-0.25, -0.2) is 4.79 Å². The molecule has 0 saturated heterocycles. The lowest BCUT2D eigenvalue weighted by molar-refractivity contribution is 0.0472. The summed E-state index contributed by atoms with van der Waals surface area (Å²) in [6, 6.07) is 10.5. The monoisotopic (exact) mass is 298 g/mol. The first kappa shape index (κ1) is 14.1. The van der Waals surface area contributed by atoms with Crippen molar-refractivity contribution in [3.05, 3.63) is 59.0 Å². The maximum atomic E-state index is 12.0. The SMILES string of the molecule is Cc1cc(-c2onc(C)c2COC(=O)c2ccccc2)no1. The fourth-order valence-electron chi connectivity index (χ4n) is 2.03. The Morgan fingerprint density at radius 3 is 2.59 bits per heavy atom. The maximum Gasteiger partial charge on any atom is 0.338 e. The molecule has 0 aliphatic rings. The lowest BCUT2D eigenvalue weighted by Crippen LogP contribution is -2.05. The Labute approximate surface area is 126 Å². The van der Waals surface area contributed by atoms with Crippen LogP contribution >= 0.6 is 0 Å². The Hall–Kier alpha value is -2.89. The summed E-state index contributed by atoms with van der Waals surface area (Å²) in [5.41, 5.74) is 2.35. The molecule has 0 spiro atoms. The fraction of sp³-hybridized carbons (Fsp3) is 0.188. The van der Waals surface area contributed by atoms with Crippen LogP contribution in [0.15, 0.2) is 45.4 Å². The summed E-state index contributed by atoms with van der Waals surface area (Å²) in [5, 5.41) is 7.80. The smallest absolute Gasteiger partial charge is 0.338 e. The number of aromatic nitrogens is 2. The van der Waals surface area contributed by atoms with Gasteiger partial charge in [-0.1, -0.05) is 28.5 Å². The fourth-order valence-corrected chi connectivity index (χ4v) is 2.03. The number of esters is 1. The second-order valence-electron chi connectivity index (χ2n) is 4.84. The van der Waals surface area contributed by atoms with Crippen LogP contribution in [0.2, 0.25) is 0 Å². The highest BCUT2D eigenvalue weighted by atomic mass is 16.5. The Bertz CT molecular complexity index is 790. The van der Waals surface area contributed by atoms with Gasteiger partial charge in [0.2, 0.25) is 0 Å². The Kier molecular flexibility index (Phi) is 3.74. The van der Waals surface area contributed by atoms with Crippen LogP contribution in [0.25, 0.3) is 11.5 Å². The number of benzene rings is 1. The summed E-state index contributed by atoms with van der Waals surface area (Å²) in [6.07, 6.45) is 0. The number of aryl methyl sites for hydroxylation is 2. The Morgan fingerprint density at radius 2 is 1.91 bits per heavy atom. The van der Waals surface area contributed by atoms with Gasteiger partial charge in [-0.05, 0) is 26.0 Å². The first-order chi connectivity index (χ1) is 10.6. The van der Waals surface area contributed by atoms with Crippen LogP contribution in [-0.4, -0.2) is 16.3 Å². The Morgan fingerprint density at radius 1 is 1.14 bits per heavy atom. The average Bonchev–Trinajstić information content (AvgIpc) is 3.11. The first-order valence-corrected chi connectivity index (χ1v) is 6.76. The standard InChI is InChI=1S/C16H14N2O4/c1-10-8-14(18-21-10)15-13(11(2)17-22-15)9-20-16(19)12-6-4-3-5-7-12/h3-8H,9H2,1-2H3. The highest BCUT2D eigenvalue weighted by molar-refractivity contribution is 5.89. The number of rotatable bonds is 4. The summed E-state index contributed by atoms with van der Waals surface area (Å²) in [7, 11) is 0. The predicted molar refractivity (Wildman–Crippen MR) is 77.0 cm³/mol. The molecule has 112 valence electrons. The van der Waals surface area contributed by atoms with E-state index in [1.165, 1.54) is 0 Å². The van der Waals surface area contributed by atoms with Gasteiger partial charge < -0.3 is 13.8 Å². The van der Waals surface area contributed by atoms with Crippen molar-refractivity contribution in [2.45, 2.75) is 20.5 Å². The highest BCUT2D eigenvalue weighted by Crippen LogP contribution is 2.26. The van der Waals surface area contributed by atoms with Crippen LogP contribution in [0.3, 0.4) is 0 Å². The molecule has 0 atom stereocenters. The van der Waals surface area contributed by atoms with Gasteiger partial charge in [0, 0.05) is 6.07 Å². The van der Waals surface area contributed by atoms with E-state index in [4.69, 9.17) is 13.8 Å². The van der Waals surface area contributed by atoms with E-state index in [1.54, 1.807) is 44.2 Å². The van der Waals surface area contributed by atoms with E-state index in [1.807, 2.05) is 6.07 Å². The number of carbonyl (C=O) groups is 1. The topological polar surface area (TPSA) is 78.4 Å². The molecule has 0 unspecified atom stereocenters. The van der Waals surface area contributed by atoms with E-state index < -0.39 is 5.97 Å². The number of nitrogens with zero attached hydrogens (tertiary/aromatic N) is 2. The maximum absolute atomic E-state index is 12.0. The quantitative estimate of drug-likeness (QED) is 0.688. The van der Waals surface area contributed by atoms with Crippen molar-refractivity contribution in [1.29, 1.82) is 0 Å². The predicted octanol–water partition coefficient (Wildman–Crippen LogP) is 3.30. The van der Waals surface area contributed by atoms with E-state index in [0.717, 1.165) is 0 Å². The van der Waals surface area contributed by atoms with Crippen molar-refractivity contribution in [2.75, 3.05) is 0 Å². The van der Waals surface area contributed by atoms with Gasteiger partial charge in [0.1, 0.15) is 12.4 Å². The van der Waals surface area contributed by atoms with Gasteiger partial charge in [0.05, 0.1) is 16.8 Å². The molecule has 0 radical (unpaired) electrons. The number of carbonyl (C=O) groups excluding carboxylic acids is 1. The van der Waals surface area contributed by atoms with Crippen molar-refractivity contribution >= 4 is 5.97 Å².